The first-order chi connectivity index (χ1) is 8.63. The van der Waals surface area contributed by atoms with E-state index in [4.69, 9.17) is 0 Å². The van der Waals surface area contributed by atoms with E-state index < -0.39 is 0 Å². The first kappa shape index (κ1) is 14.0. The molecule has 4 heteroatoms. The predicted octanol–water partition coefficient (Wildman–Crippen LogP) is 2.66. The van der Waals surface area contributed by atoms with Crippen LogP contribution < -0.4 is 5.32 Å². The lowest BCUT2D eigenvalue weighted by atomic mass is 9.96. The molecule has 1 aromatic rings. The Kier molecular flexibility index (Phi) is 5.15. The van der Waals surface area contributed by atoms with Crippen LogP contribution in [0.4, 0.5) is 0 Å². The molecule has 2 heterocycles. The highest BCUT2D eigenvalue weighted by molar-refractivity contribution is 7.11. The van der Waals surface area contributed by atoms with Crippen LogP contribution in [0.2, 0.25) is 0 Å². The van der Waals surface area contributed by atoms with Crippen molar-refractivity contribution < 1.29 is 0 Å². The zero-order chi connectivity index (χ0) is 13.0. The lowest BCUT2D eigenvalue weighted by molar-refractivity contribution is 0.175. The molecule has 0 unspecified atom stereocenters. The second-order valence-electron chi connectivity index (χ2n) is 5.63. The molecule has 1 fully saturated rings. The van der Waals surface area contributed by atoms with E-state index in [-0.39, 0.29) is 0 Å². The molecule has 0 aliphatic carbocycles. The first-order valence-corrected chi connectivity index (χ1v) is 7.82. The van der Waals surface area contributed by atoms with Crippen LogP contribution in [0.25, 0.3) is 0 Å². The van der Waals surface area contributed by atoms with E-state index in [0.29, 0.717) is 6.04 Å². The van der Waals surface area contributed by atoms with Crippen molar-refractivity contribution in [2.24, 2.45) is 5.92 Å². The lowest BCUT2D eigenvalue weighted by Gasteiger charge is -2.32. The molecule has 0 radical (unpaired) electrons. The third-order valence-electron chi connectivity index (χ3n) is 3.57. The van der Waals surface area contributed by atoms with Gasteiger partial charge in [-0.05, 0) is 45.3 Å². The number of aromatic nitrogens is 1. The molecule has 1 aliphatic heterocycles. The largest absolute Gasteiger partial charge is 0.314 e. The van der Waals surface area contributed by atoms with Gasteiger partial charge in [0.15, 0.2) is 0 Å². The molecule has 0 atom stereocenters. The number of rotatable bonds is 5. The maximum Gasteiger partial charge on any atom is 0.0897 e. The molecule has 0 bridgehead atoms. The Labute approximate surface area is 115 Å². The summed E-state index contributed by atoms with van der Waals surface area (Å²) in [5, 5.41) is 4.74. The Morgan fingerprint density at radius 3 is 2.72 bits per heavy atom. The smallest absolute Gasteiger partial charge is 0.0897 e. The minimum absolute atomic E-state index is 0.614. The Balaban J connectivity index is 1.70. The molecule has 1 saturated heterocycles. The van der Waals surface area contributed by atoms with E-state index in [1.54, 1.807) is 0 Å². The molecule has 2 rings (SSSR count). The van der Waals surface area contributed by atoms with Gasteiger partial charge < -0.3 is 5.32 Å². The molecule has 102 valence electrons. The van der Waals surface area contributed by atoms with Crippen LogP contribution in [-0.4, -0.2) is 35.6 Å². The van der Waals surface area contributed by atoms with E-state index in [2.05, 4.69) is 36.0 Å². The van der Waals surface area contributed by atoms with Gasteiger partial charge in [-0.15, -0.1) is 11.3 Å². The minimum atomic E-state index is 0.614. The highest BCUT2D eigenvalue weighted by Crippen LogP contribution is 2.20. The number of nitrogens with one attached hydrogen (secondary N) is 1. The third kappa shape index (κ3) is 4.34. The van der Waals surface area contributed by atoms with E-state index in [0.717, 1.165) is 12.5 Å². The molecule has 1 aromatic heterocycles. The van der Waals surface area contributed by atoms with Crippen molar-refractivity contribution in [3.8, 4) is 0 Å². The number of hydrogen-bond acceptors (Lipinski definition) is 4. The van der Waals surface area contributed by atoms with Gasteiger partial charge in [-0.2, -0.15) is 0 Å². The standard InChI is InChI=1S/C14H25N3S/c1-11(2)15-8-13-4-6-17(7-5-13)10-14-9-16-12(3)18-14/h9,11,13,15H,4-8,10H2,1-3H3. The summed E-state index contributed by atoms with van der Waals surface area (Å²) >= 11 is 1.83. The number of thiazole rings is 1. The van der Waals surface area contributed by atoms with Gasteiger partial charge in [0.1, 0.15) is 0 Å². The number of hydrogen-bond donors (Lipinski definition) is 1. The molecular weight excluding hydrogens is 242 g/mol. The Hall–Kier alpha value is -0.450. The van der Waals surface area contributed by atoms with E-state index >= 15 is 0 Å². The SMILES string of the molecule is Cc1ncc(CN2CCC(CNC(C)C)CC2)s1. The van der Waals surface area contributed by atoms with Crippen molar-refractivity contribution in [1.29, 1.82) is 0 Å². The van der Waals surface area contributed by atoms with Gasteiger partial charge in [-0.1, -0.05) is 13.8 Å². The Morgan fingerprint density at radius 2 is 2.17 bits per heavy atom. The molecule has 1 N–H and O–H groups in total. The number of piperidine rings is 1. The van der Waals surface area contributed by atoms with Crippen LogP contribution in [0, 0.1) is 12.8 Å². The zero-order valence-corrected chi connectivity index (χ0v) is 12.6. The van der Waals surface area contributed by atoms with Crippen molar-refractivity contribution in [1.82, 2.24) is 15.2 Å². The Morgan fingerprint density at radius 1 is 1.44 bits per heavy atom. The van der Waals surface area contributed by atoms with Gasteiger partial charge in [-0.3, -0.25) is 4.90 Å². The molecule has 18 heavy (non-hydrogen) atoms. The normalized spacial score (nSPS) is 18.7. The zero-order valence-electron chi connectivity index (χ0n) is 11.8. The van der Waals surface area contributed by atoms with Crippen molar-refractivity contribution in [3.63, 3.8) is 0 Å². The number of aryl methyl sites for hydroxylation is 1. The summed E-state index contributed by atoms with van der Waals surface area (Å²) < 4.78 is 0. The fourth-order valence-corrected chi connectivity index (χ4v) is 3.29. The number of likely N-dealkylation sites (tertiary alicyclic amines) is 1. The van der Waals surface area contributed by atoms with Crippen molar-refractivity contribution in [3.05, 3.63) is 16.1 Å². The highest BCUT2D eigenvalue weighted by Gasteiger charge is 2.19. The average molecular weight is 267 g/mol. The first-order valence-electron chi connectivity index (χ1n) is 7.00. The summed E-state index contributed by atoms with van der Waals surface area (Å²) in [5.41, 5.74) is 0. The predicted molar refractivity (Wildman–Crippen MR) is 78.0 cm³/mol. The summed E-state index contributed by atoms with van der Waals surface area (Å²) in [6.45, 7) is 11.3. The minimum Gasteiger partial charge on any atom is -0.314 e. The van der Waals surface area contributed by atoms with Gasteiger partial charge in [0.2, 0.25) is 0 Å². The van der Waals surface area contributed by atoms with Crippen LogP contribution >= 0.6 is 11.3 Å². The maximum absolute atomic E-state index is 4.33. The van der Waals surface area contributed by atoms with E-state index in [1.165, 1.54) is 42.4 Å². The van der Waals surface area contributed by atoms with Gasteiger partial charge in [0.25, 0.3) is 0 Å². The van der Waals surface area contributed by atoms with Crippen LogP contribution in [0.1, 0.15) is 36.6 Å². The molecule has 1 aliphatic rings. The molecule has 0 amide bonds. The summed E-state index contributed by atoms with van der Waals surface area (Å²) in [4.78, 5) is 8.30. The second-order valence-corrected chi connectivity index (χ2v) is 6.95. The van der Waals surface area contributed by atoms with Gasteiger partial charge in [-0.25, -0.2) is 4.98 Å². The molecule has 0 saturated carbocycles. The second kappa shape index (κ2) is 6.64. The van der Waals surface area contributed by atoms with Crippen molar-refractivity contribution >= 4 is 11.3 Å². The van der Waals surface area contributed by atoms with Gasteiger partial charge in [0.05, 0.1) is 5.01 Å². The van der Waals surface area contributed by atoms with Gasteiger partial charge >= 0.3 is 0 Å². The molecule has 3 nitrogen and oxygen atoms in total. The third-order valence-corrected chi connectivity index (χ3v) is 4.47. The quantitative estimate of drug-likeness (QED) is 0.889. The van der Waals surface area contributed by atoms with Crippen molar-refractivity contribution in [2.45, 2.75) is 46.2 Å². The van der Waals surface area contributed by atoms with E-state index in [9.17, 15) is 0 Å². The van der Waals surface area contributed by atoms with Gasteiger partial charge in [0, 0.05) is 23.7 Å². The van der Waals surface area contributed by atoms with Crippen LogP contribution in [0.5, 0.6) is 0 Å². The summed E-state index contributed by atoms with van der Waals surface area (Å²) in [6, 6.07) is 0.614. The average Bonchev–Trinajstić information content (AvgIpc) is 2.74. The monoisotopic (exact) mass is 267 g/mol. The van der Waals surface area contributed by atoms with Crippen LogP contribution in [0.3, 0.4) is 0 Å². The fraction of sp³-hybridized carbons (Fsp3) is 0.786. The maximum atomic E-state index is 4.33. The highest BCUT2D eigenvalue weighted by atomic mass is 32.1. The topological polar surface area (TPSA) is 28.2 Å². The van der Waals surface area contributed by atoms with Crippen LogP contribution in [-0.2, 0) is 6.54 Å². The van der Waals surface area contributed by atoms with Crippen molar-refractivity contribution in [2.75, 3.05) is 19.6 Å². The lowest BCUT2D eigenvalue weighted by Crippen LogP contribution is -2.38. The Bertz CT molecular complexity index is 354. The summed E-state index contributed by atoms with van der Waals surface area (Å²) in [5.74, 6) is 0.867. The summed E-state index contributed by atoms with van der Waals surface area (Å²) in [7, 11) is 0. The fourth-order valence-electron chi connectivity index (χ4n) is 2.45. The molecular formula is C14H25N3S. The molecule has 0 aromatic carbocycles. The van der Waals surface area contributed by atoms with E-state index in [1.807, 2.05) is 17.5 Å². The molecule has 0 spiro atoms. The number of nitrogens with zero attached hydrogens (tertiary/aromatic N) is 2. The summed E-state index contributed by atoms with van der Waals surface area (Å²) in [6.07, 6.45) is 4.70. The van der Waals surface area contributed by atoms with Crippen LogP contribution in [0.15, 0.2) is 6.20 Å².